The first-order chi connectivity index (χ1) is 9.97. The molecular weight excluding hydrogens is 274 g/mol. The van der Waals surface area contributed by atoms with Crippen molar-refractivity contribution in [2.45, 2.75) is 39.0 Å². The fourth-order valence-corrected chi connectivity index (χ4v) is 3.08. The van der Waals surface area contributed by atoms with Crippen LogP contribution in [0.3, 0.4) is 0 Å². The molecule has 0 aromatic heterocycles. The summed E-state index contributed by atoms with van der Waals surface area (Å²) in [4.78, 5) is 11.9. The number of amides is 1. The summed E-state index contributed by atoms with van der Waals surface area (Å²) in [7, 11) is 0. The topological polar surface area (TPSA) is 55.1 Å². The highest BCUT2D eigenvalue weighted by Crippen LogP contribution is 2.30. The molecule has 0 spiro atoms. The van der Waals surface area contributed by atoms with Gasteiger partial charge in [-0.25, -0.2) is 8.78 Å². The molecule has 1 saturated carbocycles. The van der Waals surface area contributed by atoms with Crippen LogP contribution in [-0.2, 0) is 0 Å². The van der Waals surface area contributed by atoms with Crippen LogP contribution in [0, 0.1) is 23.5 Å². The molecule has 0 bridgehead atoms. The lowest BCUT2D eigenvalue weighted by Gasteiger charge is -2.26. The van der Waals surface area contributed by atoms with Gasteiger partial charge in [-0.1, -0.05) is 26.2 Å². The van der Waals surface area contributed by atoms with Gasteiger partial charge < -0.3 is 11.1 Å². The summed E-state index contributed by atoms with van der Waals surface area (Å²) in [5, 5.41) is 2.66. The summed E-state index contributed by atoms with van der Waals surface area (Å²) in [6, 6.07) is 1.75. The minimum Gasteiger partial charge on any atom is -0.396 e. The second-order valence-electron chi connectivity index (χ2n) is 6.04. The number of nitrogens with two attached hydrogens (primary N) is 1. The van der Waals surface area contributed by atoms with E-state index in [4.69, 9.17) is 5.73 Å². The smallest absolute Gasteiger partial charge is 0.254 e. The molecule has 1 aliphatic carbocycles. The third kappa shape index (κ3) is 4.16. The van der Waals surface area contributed by atoms with Gasteiger partial charge in [0.05, 0.1) is 11.3 Å². The van der Waals surface area contributed by atoms with Crippen LogP contribution < -0.4 is 11.1 Å². The van der Waals surface area contributed by atoms with Crippen LogP contribution in [0.2, 0.25) is 0 Å². The number of hydrogen-bond donors (Lipinski definition) is 2. The van der Waals surface area contributed by atoms with Gasteiger partial charge in [0.1, 0.15) is 5.82 Å². The molecule has 3 nitrogen and oxygen atoms in total. The Bertz CT molecular complexity index is 519. The number of anilines is 1. The Balaban J connectivity index is 1.87. The number of carbonyl (C=O) groups is 1. The molecule has 1 aliphatic rings. The Hall–Kier alpha value is -1.65. The predicted molar refractivity (Wildman–Crippen MR) is 78.8 cm³/mol. The number of rotatable bonds is 4. The quantitative estimate of drug-likeness (QED) is 0.836. The van der Waals surface area contributed by atoms with Gasteiger partial charge >= 0.3 is 0 Å². The van der Waals surface area contributed by atoms with E-state index >= 15 is 0 Å². The van der Waals surface area contributed by atoms with Crippen LogP contribution >= 0.6 is 0 Å². The number of carbonyl (C=O) groups excluding carboxylic acids is 1. The molecule has 1 aromatic rings. The van der Waals surface area contributed by atoms with Gasteiger partial charge in [0, 0.05) is 6.54 Å². The molecule has 2 atom stereocenters. The second kappa shape index (κ2) is 6.87. The second-order valence-corrected chi connectivity index (χ2v) is 6.04. The largest absolute Gasteiger partial charge is 0.396 e. The number of hydrogen-bond acceptors (Lipinski definition) is 2. The van der Waals surface area contributed by atoms with Gasteiger partial charge in [0.2, 0.25) is 0 Å². The molecule has 0 heterocycles. The lowest BCUT2D eigenvalue weighted by Crippen LogP contribution is -2.28. The molecule has 0 saturated heterocycles. The summed E-state index contributed by atoms with van der Waals surface area (Å²) in [6.07, 6.45) is 5.74. The van der Waals surface area contributed by atoms with E-state index < -0.39 is 17.5 Å². The van der Waals surface area contributed by atoms with Crippen LogP contribution in [0.15, 0.2) is 12.1 Å². The summed E-state index contributed by atoms with van der Waals surface area (Å²) >= 11 is 0. The van der Waals surface area contributed by atoms with Gasteiger partial charge in [-0.15, -0.1) is 0 Å². The number of nitrogen functional groups attached to an aromatic ring is 1. The third-order valence-electron chi connectivity index (χ3n) is 4.19. The van der Waals surface area contributed by atoms with Gasteiger partial charge in [0.25, 0.3) is 5.91 Å². The summed E-state index contributed by atoms with van der Waals surface area (Å²) < 4.78 is 26.9. The molecule has 5 heteroatoms. The van der Waals surface area contributed by atoms with Crippen LogP contribution in [0.1, 0.15) is 49.4 Å². The first kappa shape index (κ1) is 15.7. The monoisotopic (exact) mass is 296 g/mol. The van der Waals surface area contributed by atoms with E-state index in [1.165, 1.54) is 25.7 Å². The van der Waals surface area contributed by atoms with Crippen LogP contribution in [-0.4, -0.2) is 12.5 Å². The average molecular weight is 296 g/mol. The Morgan fingerprint density at radius 2 is 2.14 bits per heavy atom. The van der Waals surface area contributed by atoms with Crippen molar-refractivity contribution < 1.29 is 13.6 Å². The van der Waals surface area contributed by atoms with E-state index in [9.17, 15) is 13.6 Å². The predicted octanol–water partition coefficient (Wildman–Crippen LogP) is 3.49. The molecular formula is C16H22F2N2O. The number of benzene rings is 1. The lowest BCUT2D eigenvalue weighted by molar-refractivity contribution is 0.0945. The Morgan fingerprint density at radius 3 is 2.86 bits per heavy atom. The SMILES string of the molecule is CC1CCCC(CCNC(=O)c2cc(F)cc(N)c2F)C1. The zero-order valence-electron chi connectivity index (χ0n) is 12.3. The zero-order valence-corrected chi connectivity index (χ0v) is 12.3. The van der Waals surface area contributed by atoms with Crippen molar-refractivity contribution >= 4 is 11.6 Å². The fourth-order valence-electron chi connectivity index (χ4n) is 3.08. The molecule has 1 amide bonds. The molecule has 21 heavy (non-hydrogen) atoms. The van der Waals surface area contributed by atoms with Crippen molar-refractivity contribution in [3.63, 3.8) is 0 Å². The molecule has 0 aliphatic heterocycles. The van der Waals surface area contributed by atoms with Crippen molar-refractivity contribution in [1.82, 2.24) is 5.32 Å². The summed E-state index contributed by atoms with van der Waals surface area (Å²) in [5.41, 5.74) is 4.65. The van der Waals surface area contributed by atoms with Crippen molar-refractivity contribution in [2.24, 2.45) is 11.8 Å². The first-order valence-electron chi connectivity index (χ1n) is 7.50. The maximum atomic E-state index is 13.7. The van der Waals surface area contributed by atoms with Crippen molar-refractivity contribution in [3.05, 3.63) is 29.3 Å². The van der Waals surface area contributed by atoms with Crippen LogP contribution in [0.25, 0.3) is 0 Å². The minimum atomic E-state index is -0.861. The third-order valence-corrected chi connectivity index (χ3v) is 4.19. The molecule has 116 valence electrons. The van der Waals surface area contributed by atoms with E-state index in [1.54, 1.807) is 0 Å². The molecule has 2 unspecified atom stereocenters. The molecule has 1 aromatic carbocycles. The number of nitrogens with one attached hydrogen (secondary N) is 1. The Morgan fingerprint density at radius 1 is 1.38 bits per heavy atom. The average Bonchev–Trinajstić information content (AvgIpc) is 2.42. The van der Waals surface area contributed by atoms with Gasteiger partial charge in [-0.2, -0.15) is 0 Å². The summed E-state index contributed by atoms with van der Waals surface area (Å²) in [5.74, 6) is -0.834. The Kier molecular flexibility index (Phi) is 5.15. The van der Waals surface area contributed by atoms with Crippen molar-refractivity contribution in [2.75, 3.05) is 12.3 Å². The number of halogens is 2. The van der Waals surface area contributed by atoms with Crippen LogP contribution in [0.5, 0.6) is 0 Å². The molecule has 1 fully saturated rings. The summed E-state index contributed by atoms with van der Waals surface area (Å²) in [6.45, 7) is 2.72. The Labute approximate surface area is 123 Å². The molecule has 2 rings (SSSR count). The maximum absolute atomic E-state index is 13.7. The highest BCUT2D eigenvalue weighted by Gasteiger charge is 2.20. The highest BCUT2D eigenvalue weighted by atomic mass is 19.1. The van der Waals surface area contributed by atoms with E-state index in [-0.39, 0.29) is 11.3 Å². The van der Waals surface area contributed by atoms with Crippen LogP contribution in [0.4, 0.5) is 14.5 Å². The van der Waals surface area contributed by atoms with E-state index in [1.807, 2.05) is 0 Å². The fraction of sp³-hybridized carbons (Fsp3) is 0.562. The van der Waals surface area contributed by atoms with Crippen molar-refractivity contribution in [1.29, 1.82) is 0 Å². The minimum absolute atomic E-state index is 0.329. The maximum Gasteiger partial charge on any atom is 0.254 e. The molecule has 3 N–H and O–H groups in total. The standard InChI is InChI=1S/C16H22F2N2O/c1-10-3-2-4-11(7-10)5-6-20-16(21)13-8-12(17)9-14(19)15(13)18/h8-11H,2-7,19H2,1H3,(H,20,21). The molecule has 0 radical (unpaired) electrons. The van der Waals surface area contributed by atoms with Gasteiger partial charge in [0.15, 0.2) is 5.82 Å². The highest BCUT2D eigenvalue weighted by molar-refractivity contribution is 5.95. The van der Waals surface area contributed by atoms with Gasteiger partial charge in [-0.3, -0.25) is 4.79 Å². The lowest BCUT2D eigenvalue weighted by atomic mass is 9.81. The zero-order chi connectivity index (χ0) is 15.4. The normalized spacial score (nSPS) is 22.0. The van der Waals surface area contributed by atoms with E-state index in [0.29, 0.717) is 12.5 Å². The van der Waals surface area contributed by atoms with Crippen molar-refractivity contribution in [3.8, 4) is 0 Å². The van der Waals surface area contributed by atoms with Gasteiger partial charge in [-0.05, 0) is 36.8 Å². The van der Waals surface area contributed by atoms with E-state index in [2.05, 4.69) is 12.2 Å². The first-order valence-corrected chi connectivity index (χ1v) is 7.50. The van der Waals surface area contributed by atoms with E-state index in [0.717, 1.165) is 24.5 Å².